The average Bonchev–Trinajstić information content (AvgIpc) is 2.99. The van der Waals surface area contributed by atoms with Crippen LogP contribution in [-0.4, -0.2) is 54.8 Å². The number of likely N-dealkylation sites (tertiary alicyclic amines) is 1. The van der Waals surface area contributed by atoms with Gasteiger partial charge in [-0.15, -0.1) is 0 Å². The highest BCUT2D eigenvalue weighted by atomic mass is 16.6. The largest absolute Gasteiger partial charge is 0.493 e. The Balaban J connectivity index is 1.27. The van der Waals surface area contributed by atoms with Crippen LogP contribution >= 0.6 is 0 Å². The number of piperidine rings is 1. The number of amides is 2. The summed E-state index contributed by atoms with van der Waals surface area (Å²) in [5.74, 6) is 1.28. The van der Waals surface area contributed by atoms with Crippen LogP contribution in [0.4, 0.5) is 10.5 Å². The highest BCUT2D eigenvalue weighted by Crippen LogP contribution is 2.29. The number of anilines is 1. The molecule has 45 heavy (non-hydrogen) atoms. The Labute approximate surface area is 263 Å². The molecular weight excluding hydrogens is 576 g/mol. The molecule has 0 bridgehead atoms. The predicted molar refractivity (Wildman–Crippen MR) is 171 cm³/mol. The Morgan fingerprint density at radius 2 is 1.62 bits per heavy atom. The van der Waals surface area contributed by atoms with E-state index in [0.717, 1.165) is 24.2 Å². The molecule has 1 N–H and O–H groups in total. The average molecular weight is 617 g/mol. The van der Waals surface area contributed by atoms with Crippen molar-refractivity contribution >= 4 is 29.7 Å². The molecule has 1 heterocycles. The van der Waals surface area contributed by atoms with E-state index in [-0.39, 0.29) is 30.5 Å². The van der Waals surface area contributed by atoms with Gasteiger partial charge in [-0.3, -0.25) is 9.59 Å². The molecular formula is C35H40N2O8. The first-order valence-corrected chi connectivity index (χ1v) is 14.8. The normalized spacial score (nSPS) is 13.7. The van der Waals surface area contributed by atoms with Crippen molar-refractivity contribution in [2.45, 2.75) is 58.8 Å². The van der Waals surface area contributed by atoms with Gasteiger partial charge in [0.1, 0.15) is 29.8 Å². The maximum atomic E-state index is 12.7. The molecule has 1 aliphatic rings. The van der Waals surface area contributed by atoms with Crippen LogP contribution in [0.1, 0.15) is 51.7 Å². The number of hydrogen-bond donors (Lipinski definition) is 1. The molecule has 4 rings (SSSR count). The highest BCUT2D eigenvalue weighted by Gasteiger charge is 2.27. The fraction of sp³-hybridized carbons (Fsp3) is 0.343. The van der Waals surface area contributed by atoms with E-state index in [9.17, 15) is 14.4 Å². The van der Waals surface area contributed by atoms with E-state index in [1.807, 2.05) is 69.3 Å². The van der Waals surface area contributed by atoms with Gasteiger partial charge in [-0.05, 0) is 74.9 Å². The van der Waals surface area contributed by atoms with E-state index < -0.39 is 11.6 Å². The first-order valence-electron chi connectivity index (χ1n) is 14.8. The monoisotopic (exact) mass is 616 g/mol. The summed E-state index contributed by atoms with van der Waals surface area (Å²) in [4.78, 5) is 38.1. The van der Waals surface area contributed by atoms with E-state index in [4.69, 9.17) is 23.7 Å². The van der Waals surface area contributed by atoms with Crippen molar-refractivity contribution in [2.75, 3.05) is 25.5 Å². The lowest BCUT2D eigenvalue weighted by atomic mass is 10.1. The SMILES string of the molecule is COc1ccc(C=CC(=O)Nc2ccccc2COc2ccc(OC3CCN(C(=O)OC(C)(C)C)CC3)cc2)cc1OC(C)=O. The molecule has 2 amide bonds. The van der Waals surface area contributed by atoms with Crippen molar-refractivity contribution in [3.63, 3.8) is 0 Å². The van der Waals surface area contributed by atoms with Crippen molar-refractivity contribution in [3.05, 3.63) is 83.9 Å². The molecule has 0 unspecified atom stereocenters. The minimum absolute atomic E-state index is 0.0145. The smallest absolute Gasteiger partial charge is 0.410 e. The topological polar surface area (TPSA) is 113 Å². The number of nitrogens with one attached hydrogen (secondary N) is 1. The zero-order valence-corrected chi connectivity index (χ0v) is 26.3. The Morgan fingerprint density at radius 1 is 0.933 bits per heavy atom. The summed E-state index contributed by atoms with van der Waals surface area (Å²) in [6.07, 6.45) is 4.20. The second-order valence-electron chi connectivity index (χ2n) is 11.5. The molecule has 0 atom stereocenters. The molecule has 0 saturated carbocycles. The molecule has 0 spiro atoms. The third-order valence-electron chi connectivity index (χ3n) is 6.76. The summed E-state index contributed by atoms with van der Waals surface area (Å²) >= 11 is 0. The van der Waals surface area contributed by atoms with Crippen LogP contribution in [0.2, 0.25) is 0 Å². The van der Waals surface area contributed by atoms with Gasteiger partial charge in [0.25, 0.3) is 0 Å². The van der Waals surface area contributed by atoms with Crippen LogP contribution in [0.3, 0.4) is 0 Å². The first-order chi connectivity index (χ1) is 21.5. The molecule has 0 aromatic heterocycles. The van der Waals surface area contributed by atoms with Crippen molar-refractivity contribution < 1.29 is 38.1 Å². The minimum Gasteiger partial charge on any atom is -0.493 e. The molecule has 10 heteroatoms. The summed E-state index contributed by atoms with van der Waals surface area (Å²) < 4.78 is 28.0. The van der Waals surface area contributed by atoms with Gasteiger partial charge in [-0.1, -0.05) is 24.3 Å². The van der Waals surface area contributed by atoms with Crippen molar-refractivity contribution in [1.29, 1.82) is 0 Å². The number of para-hydroxylation sites is 1. The maximum Gasteiger partial charge on any atom is 0.410 e. The number of methoxy groups -OCH3 is 1. The molecule has 1 fully saturated rings. The number of hydrogen-bond acceptors (Lipinski definition) is 8. The lowest BCUT2D eigenvalue weighted by molar-refractivity contribution is -0.132. The summed E-state index contributed by atoms with van der Waals surface area (Å²) in [6.45, 7) is 8.31. The first kappa shape index (κ1) is 32.9. The van der Waals surface area contributed by atoms with E-state index in [1.165, 1.54) is 20.1 Å². The molecule has 1 saturated heterocycles. The Morgan fingerprint density at radius 3 is 2.29 bits per heavy atom. The van der Waals surface area contributed by atoms with Crippen LogP contribution in [0.15, 0.2) is 72.8 Å². The zero-order valence-electron chi connectivity index (χ0n) is 26.3. The van der Waals surface area contributed by atoms with Gasteiger partial charge in [0.15, 0.2) is 11.5 Å². The third-order valence-corrected chi connectivity index (χ3v) is 6.76. The van der Waals surface area contributed by atoms with Gasteiger partial charge < -0.3 is 33.9 Å². The number of carbonyl (C=O) groups excluding carboxylic acids is 3. The second kappa shape index (κ2) is 15.1. The molecule has 0 radical (unpaired) electrons. The predicted octanol–water partition coefficient (Wildman–Crippen LogP) is 6.63. The Bertz CT molecular complexity index is 1500. The van der Waals surface area contributed by atoms with E-state index in [0.29, 0.717) is 35.8 Å². The number of rotatable bonds is 10. The van der Waals surface area contributed by atoms with Gasteiger partial charge in [-0.25, -0.2) is 4.79 Å². The summed E-state index contributed by atoms with van der Waals surface area (Å²) in [5, 5.41) is 2.89. The summed E-state index contributed by atoms with van der Waals surface area (Å²) in [7, 11) is 1.48. The lowest BCUT2D eigenvalue weighted by Crippen LogP contribution is -2.44. The summed E-state index contributed by atoms with van der Waals surface area (Å²) in [6, 6.07) is 19.9. The van der Waals surface area contributed by atoms with E-state index in [2.05, 4.69) is 5.32 Å². The lowest BCUT2D eigenvalue weighted by Gasteiger charge is -2.33. The van der Waals surface area contributed by atoms with Crippen LogP contribution < -0.4 is 24.3 Å². The number of ether oxygens (including phenoxy) is 5. The Kier molecular flexibility index (Phi) is 11.1. The second-order valence-corrected chi connectivity index (χ2v) is 11.5. The van der Waals surface area contributed by atoms with Gasteiger partial charge in [0.2, 0.25) is 5.91 Å². The molecule has 3 aromatic rings. The van der Waals surface area contributed by atoms with E-state index >= 15 is 0 Å². The minimum atomic E-state index is -0.514. The van der Waals surface area contributed by atoms with Crippen LogP contribution in [0.5, 0.6) is 23.0 Å². The van der Waals surface area contributed by atoms with Gasteiger partial charge in [0.05, 0.1) is 7.11 Å². The van der Waals surface area contributed by atoms with Crippen molar-refractivity contribution in [2.24, 2.45) is 0 Å². The van der Waals surface area contributed by atoms with Gasteiger partial charge >= 0.3 is 12.1 Å². The van der Waals surface area contributed by atoms with Crippen molar-refractivity contribution in [3.8, 4) is 23.0 Å². The number of carbonyl (C=O) groups is 3. The zero-order chi connectivity index (χ0) is 32.4. The number of esters is 1. The maximum absolute atomic E-state index is 12.7. The summed E-state index contributed by atoms with van der Waals surface area (Å²) in [5.41, 5.74) is 1.58. The molecule has 0 aliphatic carbocycles. The molecule has 10 nitrogen and oxygen atoms in total. The van der Waals surface area contributed by atoms with Crippen molar-refractivity contribution in [1.82, 2.24) is 4.90 Å². The number of nitrogens with zero attached hydrogens (tertiary/aromatic N) is 1. The third kappa shape index (κ3) is 10.3. The number of benzene rings is 3. The fourth-order valence-electron chi connectivity index (χ4n) is 4.60. The van der Waals surface area contributed by atoms with Crippen LogP contribution in [0.25, 0.3) is 6.08 Å². The highest BCUT2D eigenvalue weighted by molar-refractivity contribution is 6.02. The molecule has 238 valence electrons. The Hall–Kier alpha value is -4.99. The van der Waals surface area contributed by atoms with Crippen LogP contribution in [-0.2, 0) is 20.9 Å². The van der Waals surface area contributed by atoms with Gasteiger partial charge in [0, 0.05) is 50.2 Å². The van der Waals surface area contributed by atoms with Crippen LogP contribution in [0, 0.1) is 0 Å². The molecule has 1 aliphatic heterocycles. The molecule has 3 aromatic carbocycles. The quantitative estimate of drug-likeness (QED) is 0.154. The standard InChI is InChI=1S/C35H40N2O8/c1-24(38)43-32-22-25(10-16-31(32)41-5)11-17-33(39)36-30-9-7-6-8-26(30)23-42-27-12-14-28(15-13-27)44-29-18-20-37(21-19-29)34(40)45-35(2,3)4/h6-17,22,29H,18-21,23H2,1-5H3,(H,36,39). The van der Waals surface area contributed by atoms with E-state index in [1.54, 1.807) is 29.2 Å². The fourth-order valence-corrected chi connectivity index (χ4v) is 4.60. The van der Waals surface area contributed by atoms with Gasteiger partial charge in [-0.2, -0.15) is 0 Å².